The Morgan fingerprint density at radius 3 is 2.52 bits per heavy atom. The lowest BCUT2D eigenvalue weighted by atomic mass is 9.98. The smallest absolute Gasteiger partial charge is 0.251 e. The summed E-state index contributed by atoms with van der Waals surface area (Å²) in [6.07, 6.45) is 1.93. The van der Waals surface area contributed by atoms with Crippen molar-refractivity contribution in [2.45, 2.75) is 45.6 Å². The molecule has 134 valence electrons. The number of nitrogens with zero attached hydrogens (tertiary/aromatic N) is 1. The first-order valence-electron chi connectivity index (χ1n) is 8.39. The monoisotopic (exact) mass is 343 g/mol. The Kier molecular flexibility index (Phi) is 6.09. The number of aromatic amines is 1. The Balaban J connectivity index is 1.85. The Labute approximate surface area is 147 Å². The van der Waals surface area contributed by atoms with E-state index >= 15 is 0 Å². The van der Waals surface area contributed by atoms with Crippen molar-refractivity contribution in [2.75, 3.05) is 6.54 Å². The van der Waals surface area contributed by atoms with Crippen LogP contribution in [0.5, 0.6) is 0 Å². The molecule has 0 spiro atoms. The van der Waals surface area contributed by atoms with Crippen LogP contribution in [-0.4, -0.2) is 33.1 Å². The molecule has 0 fully saturated rings. The minimum atomic E-state index is -0.693. The van der Waals surface area contributed by atoms with E-state index < -0.39 is 5.60 Å². The van der Waals surface area contributed by atoms with Gasteiger partial charge in [-0.25, -0.2) is 4.98 Å². The Bertz CT molecular complexity index is 774. The molecule has 2 aromatic rings. The van der Waals surface area contributed by atoms with Crippen LogP contribution in [0.25, 0.3) is 0 Å². The quantitative estimate of drug-likeness (QED) is 0.714. The second-order valence-electron chi connectivity index (χ2n) is 6.84. The standard InChI is InChI=1S/C19H25N3O3/c1-13-21-16(12-17(23)22-13)9-11-20-18(24)15-6-4-14(5-7-15)8-10-19(2,3)25/h4-7,12,25H,8-11H2,1-3H3,(H,20,24)(H,21,22,23). The number of benzene rings is 1. The molecule has 25 heavy (non-hydrogen) atoms. The molecule has 6 nitrogen and oxygen atoms in total. The van der Waals surface area contributed by atoms with Gasteiger partial charge in [0.25, 0.3) is 11.5 Å². The largest absolute Gasteiger partial charge is 0.390 e. The van der Waals surface area contributed by atoms with Crippen LogP contribution < -0.4 is 10.9 Å². The zero-order valence-corrected chi connectivity index (χ0v) is 14.9. The summed E-state index contributed by atoms with van der Waals surface area (Å²) in [6.45, 7) is 5.70. The van der Waals surface area contributed by atoms with E-state index in [9.17, 15) is 14.7 Å². The number of rotatable bonds is 7. The molecule has 0 aliphatic heterocycles. The molecule has 3 N–H and O–H groups in total. The molecule has 0 unspecified atom stereocenters. The van der Waals surface area contributed by atoms with Crippen LogP contribution in [0.2, 0.25) is 0 Å². The third-order valence-corrected chi connectivity index (χ3v) is 3.82. The number of carbonyl (C=O) groups is 1. The summed E-state index contributed by atoms with van der Waals surface area (Å²) in [4.78, 5) is 30.4. The number of aromatic nitrogens is 2. The molecule has 0 atom stereocenters. The number of amides is 1. The highest BCUT2D eigenvalue weighted by molar-refractivity contribution is 5.94. The van der Waals surface area contributed by atoms with E-state index in [4.69, 9.17) is 0 Å². The van der Waals surface area contributed by atoms with E-state index in [-0.39, 0.29) is 11.5 Å². The molecular formula is C19H25N3O3. The van der Waals surface area contributed by atoms with Gasteiger partial charge in [0.2, 0.25) is 0 Å². The predicted octanol–water partition coefficient (Wildman–Crippen LogP) is 1.75. The second-order valence-corrected chi connectivity index (χ2v) is 6.84. The van der Waals surface area contributed by atoms with E-state index in [1.165, 1.54) is 6.07 Å². The summed E-state index contributed by atoms with van der Waals surface area (Å²) in [5.41, 5.74) is 1.45. The minimum Gasteiger partial charge on any atom is -0.390 e. The Morgan fingerprint density at radius 2 is 1.92 bits per heavy atom. The van der Waals surface area contributed by atoms with Gasteiger partial charge in [0, 0.05) is 30.3 Å². The first-order valence-corrected chi connectivity index (χ1v) is 8.39. The van der Waals surface area contributed by atoms with Crippen molar-refractivity contribution in [3.05, 3.63) is 63.3 Å². The second kappa shape index (κ2) is 8.07. The minimum absolute atomic E-state index is 0.157. The maximum absolute atomic E-state index is 12.2. The summed E-state index contributed by atoms with van der Waals surface area (Å²) in [5.74, 6) is 0.408. The highest BCUT2D eigenvalue weighted by Crippen LogP contribution is 2.13. The normalized spacial score (nSPS) is 11.4. The van der Waals surface area contributed by atoms with Gasteiger partial charge in [0.15, 0.2) is 0 Å². The van der Waals surface area contributed by atoms with Gasteiger partial charge in [0.1, 0.15) is 5.82 Å². The first-order chi connectivity index (χ1) is 11.7. The summed E-state index contributed by atoms with van der Waals surface area (Å²) in [6, 6.07) is 8.82. The van der Waals surface area contributed by atoms with Crippen molar-refractivity contribution in [1.29, 1.82) is 0 Å². The number of aryl methyl sites for hydroxylation is 2. The van der Waals surface area contributed by atoms with Crippen LogP contribution in [0.3, 0.4) is 0 Å². The van der Waals surface area contributed by atoms with Crippen molar-refractivity contribution >= 4 is 5.91 Å². The Hall–Kier alpha value is -2.47. The van der Waals surface area contributed by atoms with E-state index in [0.29, 0.717) is 36.5 Å². The molecule has 6 heteroatoms. The van der Waals surface area contributed by atoms with Crippen molar-refractivity contribution in [2.24, 2.45) is 0 Å². The van der Waals surface area contributed by atoms with Gasteiger partial charge in [-0.1, -0.05) is 12.1 Å². The van der Waals surface area contributed by atoms with E-state index in [1.807, 2.05) is 12.1 Å². The van der Waals surface area contributed by atoms with Gasteiger partial charge >= 0.3 is 0 Å². The maximum Gasteiger partial charge on any atom is 0.251 e. The van der Waals surface area contributed by atoms with Gasteiger partial charge in [-0.15, -0.1) is 0 Å². The molecule has 1 heterocycles. The maximum atomic E-state index is 12.2. The van der Waals surface area contributed by atoms with Crippen LogP contribution in [0.1, 0.15) is 47.7 Å². The van der Waals surface area contributed by atoms with Crippen molar-refractivity contribution in [3.63, 3.8) is 0 Å². The fraction of sp³-hybridized carbons (Fsp3) is 0.421. The van der Waals surface area contributed by atoms with Crippen LogP contribution in [0, 0.1) is 6.92 Å². The van der Waals surface area contributed by atoms with Crippen LogP contribution >= 0.6 is 0 Å². The van der Waals surface area contributed by atoms with Crippen LogP contribution in [0.15, 0.2) is 35.1 Å². The number of nitrogens with one attached hydrogen (secondary N) is 2. The molecular weight excluding hydrogens is 318 g/mol. The number of H-pyrrole nitrogens is 1. The summed E-state index contributed by atoms with van der Waals surface area (Å²) < 4.78 is 0. The molecule has 0 aliphatic rings. The lowest BCUT2D eigenvalue weighted by Crippen LogP contribution is -2.26. The van der Waals surface area contributed by atoms with Gasteiger partial charge in [-0.2, -0.15) is 0 Å². The van der Waals surface area contributed by atoms with Crippen LogP contribution in [-0.2, 0) is 12.8 Å². The zero-order chi connectivity index (χ0) is 18.4. The summed E-state index contributed by atoms with van der Waals surface area (Å²) >= 11 is 0. The van der Waals surface area contributed by atoms with Gasteiger partial charge in [0.05, 0.1) is 5.60 Å². The average molecular weight is 343 g/mol. The fourth-order valence-electron chi connectivity index (χ4n) is 2.45. The molecule has 0 bridgehead atoms. The van der Waals surface area contributed by atoms with Gasteiger partial charge in [-0.05, 0) is 51.3 Å². The zero-order valence-electron chi connectivity index (χ0n) is 14.9. The lowest BCUT2D eigenvalue weighted by molar-refractivity contribution is 0.0713. The molecule has 2 rings (SSSR count). The Morgan fingerprint density at radius 1 is 1.24 bits per heavy atom. The molecule has 0 radical (unpaired) electrons. The first kappa shape index (κ1) is 18.9. The highest BCUT2D eigenvalue weighted by atomic mass is 16.3. The SMILES string of the molecule is Cc1nc(CCNC(=O)c2ccc(CCC(C)(C)O)cc2)cc(=O)[nH]1. The number of aliphatic hydroxyl groups is 1. The molecule has 1 amide bonds. The van der Waals surface area contributed by atoms with Crippen molar-refractivity contribution in [1.82, 2.24) is 15.3 Å². The third-order valence-electron chi connectivity index (χ3n) is 3.82. The summed E-state index contributed by atoms with van der Waals surface area (Å²) in [5, 5.41) is 12.6. The number of hydrogen-bond acceptors (Lipinski definition) is 4. The van der Waals surface area contributed by atoms with Gasteiger partial charge in [-0.3, -0.25) is 9.59 Å². The van der Waals surface area contributed by atoms with Crippen LogP contribution in [0.4, 0.5) is 0 Å². The average Bonchev–Trinajstić information content (AvgIpc) is 2.52. The van der Waals surface area contributed by atoms with Crippen molar-refractivity contribution < 1.29 is 9.90 Å². The van der Waals surface area contributed by atoms with Gasteiger partial charge < -0.3 is 15.4 Å². The highest BCUT2D eigenvalue weighted by Gasteiger charge is 2.12. The fourth-order valence-corrected chi connectivity index (χ4v) is 2.45. The van der Waals surface area contributed by atoms with E-state index in [0.717, 1.165) is 12.0 Å². The van der Waals surface area contributed by atoms with E-state index in [2.05, 4.69) is 15.3 Å². The molecule has 1 aromatic carbocycles. The molecule has 0 saturated carbocycles. The number of carbonyl (C=O) groups excluding carboxylic acids is 1. The molecule has 0 saturated heterocycles. The molecule has 0 aliphatic carbocycles. The lowest BCUT2D eigenvalue weighted by Gasteiger charge is -2.16. The number of hydrogen-bond donors (Lipinski definition) is 3. The van der Waals surface area contributed by atoms with E-state index in [1.54, 1.807) is 32.9 Å². The summed E-state index contributed by atoms with van der Waals surface area (Å²) in [7, 11) is 0. The topological polar surface area (TPSA) is 95.1 Å². The third kappa shape index (κ3) is 6.51. The predicted molar refractivity (Wildman–Crippen MR) is 96.7 cm³/mol. The molecule has 1 aromatic heterocycles. The van der Waals surface area contributed by atoms with Crippen molar-refractivity contribution in [3.8, 4) is 0 Å².